The molecule has 7 nitrogen and oxygen atoms in total. The first-order chi connectivity index (χ1) is 17.1. The number of urea groups is 1. The fourth-order valence-corrected chi connectivity index (χ4v) is 5.04. The Morgan fingerprint density at radius 1 is 0.857 bits per heavy atom. The van der Waals surface area contributed by atoms with Gasteiger partial charge in [-0.05, 0) is 30.0 Å². The molecule has 0 unspecified atom stereocenters. The first-order valence-corrected chi connectivity index (χ1v) is 12.1. The number of nitro benzene ring substituents is 1. The number of non-ortho nitro benzene ring substituents is 1. The number of anilines is 1. The summed E-state index contributed by atoms with van der Waals surface area (Å²) in [5.74, 6) is 0.300. The number of carbonyl (C=O) groups excluding carboxylic acids is 1. The molecule has 0 atom stereocenters. The molecule has 0 radical (unpaired) electrons. The van der Waals surface area contributed by atoms with Crippen LogP contribution in [0.2, 0.25) is 0 Å². The van der Waals surface area contributed by atoms with Gasteiger partial charge in [0.2, 0.25) is 0 Å². The number of amides is 2. The summed E-state index contributed by atoms with van der Waals surface area (Å²) in [6, 6.07) is 24.0. The third-order valence-corrected chi connectivity index (χ3v) is 6.78. The van der Waals surface area contributed by atoms with Crippen LogP contribution < -0.4 is 4.90 Å². The molecule has 1 fully saturated rings. The van der Waals surface area contributed by atoms with Crippen molar-refractivity contribution in [3.63, 3.8) is 0 Å². The molecule has 0 spiro atoms. The van der Waals surface area contributed by atoms with Gasteiger partial charge in [0.25, 0.3) is 5.69 Å². The lowest BCUT2D eigenvalue weighted by atomic mass is 9.83. The number of benzene rings is 3. The average Bonchev–Trinajstić information content (AvgIpc) is 3.01. The number of nitrogens with zero attached hydrogens (tertiary/aromatic N) is 4. The van der Waals surface area contributed by atoms with Gasteiger partial charge in [-0.2, -0.15) is 5.10 Å². The summed E-state index contributed by atoms with van der Waals surface area (Å²) in [6.45, 7) is 0.575. The first kappa shape index (κ1) is 22.8. The Labute approximate surface area is 204 Å². The molecule has 1 aliphatic heterocycles. The van der Waals surface area contributed by atoms with E-state index in [0.29, 0.717) is 18.0 Å². The Kier molecular flexibility index (Phi) is 6.57. The molecule has 35 heavy (non-hydrogen) atoms. The van der Waals surface area contributed by atoms with Crippen molar-refractivity contribution >= 4 is 23.1 Å². The van der Waals surface area contributed by atoms with E-state index >= 15 is 0 Å². The van der Waals surface area contributed by atoms with E-state index in [1.807, 2.05) is 60.7 Å². The summed E-state index contributed by atoms with van der Waals surface area (Å²) >= 11 is 0. The number of para-hydroxylation sites is 1. The molecular weight excluding hydrogens is 440 g/mol. The van der Waals surface area contributed by atoms with Crippen LogP contribution in [0.15, 0.2) is 84.0 Å². The maximum Gasteiger partial charge on any atom is 0.345 e. The van der Waals surface area contributed by atoms with E-state index in [1.165, 1.54) is 18.6 Å². The first-order valence-electron chi connectivity index (χ1n) is 12.1. The smallest absolute Gasteiger partial charge is 0.288 e. The van der Waals surface area contributed by atoms with Crippen molar-refractivity contribution in [2.45, 2.75) is 45.2 Å². The lowest BCUT2D eigenvalue weighted by Gasteiger charge is -2.26. The highest BCUT2D eigenvalue weighted by Crippen LogP contribution is 2.35. The van der Waals surface area contributed by atoms with E-state index in [2.05, 4.69) is 0 Å². The van der Waals surface area contributed by atoms with Crippen molar-refractivity contribution in [2.75, 3.05) is 4.90 Å². The molecule has 3 aromatic rings. The molecule has 0 saturated heterocycles. The number of rotatable bonds is 6. The van der Waals surface area contributed by atoms with E-state index in [1.54, 1.807) is 16.0 Å². The average molecular weight is 469 g/mol. The van der Waals surface area contributed by atoms with Crippen LogP contribution in [0.3, 0.4) is 0 Å². The van der Waals surface area contributed by atoms with Crippen molar-refractivity contribution in [1.82, 2.24) is 5.01 Å². The molecule has 1 heterocycles. The Hall–Kier alpha value is -4.00. The van der Waals surface area contributed by atoms with Crippen LogP contribution in [0.4, 0.5) is 16.2 Å². The van der Waals surface area contributed by atoms with E-state index in [-0.39, 0.29) is 18.3 Å². The molecule has 2 amide bonds. The Morgan fingerprint density at radius 3 is 2.34 bits per heavy atom. The summed E-state index contributed by atoms with van der Waals surface area (Å²) in [6.07, 6.45) is 5.68. The Morgan fingerprint density at radius 2 is 1.57 bits per heavy atom. The topological polar surface area (TPSA) is 79.0 Å². The van der Waals surface area contributed by atoms with Gasteiger partial charge in [0.05, 0.1) is 29.4 Å². The second-order valence-electron chi connectivity index (χ2n) is 9.18. The zero-order chi connectivity index (χ0) is 24.2. The molecule has 5 rings (SSSR count). The lowest BCUT2D eigenvalue weighted by Crippen LogP contribution is -2.39. The van der Waals surface area contributed by atoms with Gasteiger partial charge in [-0.3, -0.25) is 15.0 Å². The van der Waals surface area contributed by atoms with Gasteiger partial charge < -0.3 is 0 Å². The number of nitro groups is 1. The third-order valence-electron chi connectivity index (χ3n) is 6.78. The van der Waals surface area contributed by atoms with Gasteiger partial charge in [-0.25, -0.2) is 9.80 Å². The summed E-state index contributed by atoms with van der Waals surface area (Å²) in [7, 11) is 0. The third kappa shape index (κ3) is 4.94. The van der Waals surface area contributed by atoms with Gasteiger partial charge in [0.1, 0.15) is 0 Å². The predicted octanol–water partition coefficient (Wildman–Crippen LogP) is 6.52. The van der Waals surface area contributed by atoms with Crippen LogP contribution in [-0.4, -0.2) is 21.7 Å². The number of carbonyl (C=O) groups is 1. The summed E-state index contributed by atoms with van der Waals surface area (Å²) in [5, 5.41) is 17.9. The van der Waals surface area contributed by atoms with E-state index in [0.717, 1.165) is 48.2 Å². The number of fused-ring (bicyclic) bond motifs is 1. The Balaban J connectivity index is 1.58. The minimum Gasteiger partial charge on any atom is -0.288 e. The van der Waals surface area contributed by atoms with Crippen molar-refractivity contribution in [3.8, 4) is 0 Å². The summed E-state index contributed by atoms with van der Waals surface area (Å²) in [5.41, 5.74) is 4.43. The summed E-state index contributed by atoms with van der Waals surface area (Å²) < 4.78 is 0. The molecule has 0 bridgehead atoms. The number of hydrogen-bond donors (Lipinski definition) is 0. The molecule has 0 aromatic heterocycles. The molecule has 178 valence electrons. The molecule has 2 aliphatic rings. The second kappa shape index (κ2) is 10.1. The number of hydrazone groups is 1. The monoisotopic (exact) mass is 468 g/mol. The Bertz CT molecular complexity index is 1250. The molecule has 3 aromatic carbocycles. The zero-order valence-electron chi connectivity index (χ0n) is 19.5. The maximum atomic E-state index is 14.0. The van der Waals surface area contributed by atoms with E-state index in [4.69, 9.17) is 5.10 Å². The SMILES string of the molecule is O=C1N(Cc2ccccc2)N=C(C2CCCCC2)c2ccccc2N1Cc1cccc([N+](=O)[O-])c1. The molecular formula is C28H28N4O3. The largest absolute Gasteiger partial charge is 0.345 e. The van der Waals surface area contributed by atoms with Crippen LogP contribution in [-0.2, 0) is 13.1 Å². The standard InChI is InChI=1S/C28H28N4O3/c33-28-30(19-22-12-9-15-24(18-22)32(34)35)26-17-8-7-16-25(26)27(23-13-5-2-6-14-23)29-31(28)20-21-10-3-1-4-11-21/h1,3-4,7-12,15-18,23H,2,5-6,13-14,19-20H2. The quantitative estimate of drug-likeness (QED) is 0.305. The van der Waals surface area contributed by atoms with Crippen LogP contribution in [0.1, 0.15) is 48.8 Å². The second-order valence-corrected chi connectivity index (χ2v) is 9.18. The molecule has 1 aliphatic carbocycles. The fourth-order valence-electron chi connectivity index (χ4n) is 5.04. The van der Waals surface area contributed by atoms with E-state index < -0.39 is 4.92 Å². The molecule has 7 heteroatoms. The minimum absolute atomic E-state index is 0.0124. The van der Waals surface area contributed by atoms with Crippen LogP contribution in [0, 0.1) is 16.0 Å². The van der Waals surface area contributed by atoms with Gasteiger partial charge in [-0.15, -0.1) is 0 Å². The highest BCUT2D eigenvalue weighted by atomic mass is 16.6. The zero-order valence-corrected chi connectivity index (χ0v) is 19.5. The van der Waals surface area contributed by atoms with Crippen molar-refractivity contribution in [1.29, 1.82) is 0 Å². The van der Waals surface area contributed by atoms with Gasteiger partial charge >= 0.3 is 6.03 Å². The van der Waals surface area contributed by atoms with Crippen LogP contribution in [0.25, 0.3) is 0 Å². The van der Waals surface area contributed by atoms with Crippen molar-refractivity contribution < 1.29 is 9.72 Å². The fraction of sp³-hybridized carbons (Fsp3) is 0.286. The van der Waals surface area contributed by atoms with Crippen molar-refractivity contribution in [3.05, 3.63) is 106 Å². The maximum absolute atomic E-state index is 14.0. The van der Waals surface area contributed by atoms with Crippen molar-refractivity contribution in [2.24, 2.45) is 11.0 Å². The molecule has 0 N–H and O–H groups in total. The normalized spacial score (nSPS) is 16.5. The molecule has 1 saturated carbocycles. The highest BCUT2D eigenvalue weighted by Gasteiger charge is 2.33. The minimum atomic E-state index is -0.409. The highest BCUT2D eigenvalue weighted by molar-refractivity contribution is 6.11. The number of hydrogen-bond acceptors (Lipinski definition) is 4. The van der Waals surface area contributed by atoms with Gasteiger partial charge in [-0.1, -0.05) is 79.9 Å². The van der Waals surface area contributed by atoms with Gasteiger partial charge in [0, 0.05) is 23.6 Å². The predicted molar refractivity (Wildman–Crippen MR) is 136 cm³/mol. The summed E-state index contributed by atoms with van der Waals surface area (Å²) in [4.78, 5) is 26.6. The van der Waals surface area contributed by atoms with Crippen LogP contribution >= 0.6 is 0 Å². The van der Waals surface area contributed by atoms with E-state index in [9.17, 15) is 14.9 Å². The lowest BCUT2D eigenvalue weighted by molar-refractivity contribution is -0.384. The van der Waals surface area contributed by atoms with Gasteiger partial charge in [0.15, 0.2) is 0 Å². The van der Waals surface area contributed by atoms with Crippen LogP contribution in [0.5, 0.6) is 0 Å².